The second-order valence-electron chi connectivity index (χ2n) is 11.9. The topological polar surface area (TPSA) is 80.3 Å². The molecule has 3 aliphatic carbocycles. The van der Waals surface area contributed by atoms with Gasteiger partial charge in [0.2, 0.25) is 0 Å². The summed E-state index contributed by atoms with van der Waals surface area (Å²) < 4.78 is 28.7. The van der Waals surface area contributed by atoms with E-state index < -0.39 is 30.1 Å². The quantitative estimate of drug-likeness (QED) is 0.225. The highest BCUT2D eigenvalue weighted by Crippen LogP contribution is 2.65. The van der Waals surface area contributed by atoms with Crippen molar-refractivity contribution in [3.8, 4) is 5.75 Å². The lowest BCUT2D eigenvalue weighted by Crippen LogP contribution is -2.65. The van der Waals surface area contributed by atoms with E-state index in [2.05, 4.69) is 20.8 Å². The summed E-state index contributed by atoms with van der Waals surface area (Å²) in [6.07, 6.45) is 1.47. The van der Waals surface area contributed by atoms with Crippen LogP contribution in [0.1, 0.15) is 75.9 Å². The summed E-state index contributed by atoms with van der Waals surface area (Å²) in [5.41, 5.74) is 0.435. The second kappa shape index (κ2) is 8.96. The lowest BCUT2D eigenvalue weighted by Gasteiger charge is -2.64. The summed E-state index contributed by atoms with van der Waals surface area (Å²) in [6, 6.07) is 3.57. The van der Waals surface area contributed by atoms with Crippen molar-refractivity contribution in [3.05, 3.63) is 28.8 Å². The number of rotatable bonds is 5. The molecule has 1 heterocycles. The number of alkyl halides is 1. The zero-order valence-electron chi connectivity index (χ0n) is 21.9. The first kappa shape index (κ1) is 26.3. The number of benzene rings is 1. The van der Waals surface area contributed by atoms with Crippen LogP contribution in [0, 0.1) is 24.2 Å². The highest BCUT2D eigenvalue weighted by Gasteiger charge is 2.68. The van der Waals surface area contributed by atoms with Crippen LogP contribution in [0.25, 0.3) is 0 Å². The molecule has 0 amide bonds. The molecule has 4 fully saturated rings. The second-order valence-corrected chi connectivity index (χ2v) is 12.4. The van der Waals surface area contributed by atoms with E-state index in [1.165, 1.54) is 7.11 Å². The molecule has 1 unspecified atom stereocenters. The number of aryl methyl sites for hydroxylation is 1. The summed E-state index contributed by atoms with van der Waals surface area (Å²) in [4.78, 5) is 25.1. The van der Waals surface area contributed by atoms with Gasteiger partial charge in [-0.2, -0.15) is 0 Å². The zero-order chi connectivity index (χ0) is 25.9. The molecular formula is C26H36BClO7. The molecule has 9 heteroatoms. The Hall–Kier alpha value is -1.77. The average molecular weight is 507 g/mol. The van der Waals surface area contributed by atoms with Crippen LogP contribution in [0.3, 0.4) is 0 Å². The molecular weight excluding hydrogens is 471 g/mol. The standard InChI is InChI=1S/C26H36BClO7/c1-14-9-10-15(21(20(14)22(29)31-8)32-23(30)33-24(2,3)4)11-19(28)27-34-18-13-16-12-17(25(16,5)6)26(18,7)35-27/h9-10,16-19H,11-13H2,1-8H3/t16-,17-,18?,19+,26-/m0/s1. The molecule has 1 aromatic rings. The monoisotopic (exact) mass is 506 g/mol. The number of hydrogen-bond acceptors (Lipinski definition) is 7. The van der Waals surface area contributed by atoms with Gasteiger partial charge in [0.25, 0.3) is 0 Å². The Morgan fingerprint density at radius 1 is 1.23 bits per heavy atom. The van der Waals surface area contributed by atoms with Gasteiger partial charge in [-0.3, -0.25) is 0 Å². The number of hydrogen-bond donors (Lipinski definition) is 0. The van der Waals surface area contributed by atoms with Gasteiger partial charge in [0.15, 0.2) is 5.75 Å². The Bertz CT molecular complexity index is 1020. The molecule has 0 aromatic heterocycles. The fourth-order valence-corrected chi connectivity index (χ4v) is 6.35. The highest BCUT2D eigenvalue weighted by molar-refractivity contribution is 6.60. The fourth-order valence-electron chi connectivity index (χ4n) is 6.07. The van der Waals surface area contributed by atoms with Crippen LogP contribution in [0.15, 0.2) is 12.1 Å². The molecule has 0 radical (unpaired) electrons. The van der Waals surface area contributed by atoms with Crippen molar-refractivity contribution in [1.82, 2.24) is 0 Å². The Morgan fingerprint density at radius 3 is 2.51 bits per heavy atom. The zero-order valence-corrected chi connectivity index (χ0v) is 22.7. The maximum Gasteiger partial charge on any atom is 0.514 e. The highest BCUT2D eigenvalue weighted by atomic mass is 35.5. The number of carbonyl (C=O) groups is 2. The van der Waals surface area contributed by atoms with Gasteiger partial charge in [-0.25, -0.2) is 9.59 Å². The van der Waals surface area contributed by atoms with Crippen LogP contribution in [0.4, 0.5) is 4.79 Å². The molecule has 2 bridgehead atoms. The smallest absolute Gasteiger partial charge is 0.465 e. The summed E-state index contributed by atoms with van der Waals surface area (Å²) in [5.74, 6) is 0.531. The van der Waals surface area contributed by atoms with Gasteiger partial charge in [0, 0.05) is 0 Å². The van der Waals surface area contributed by atoms with Crippen molar-refractivity contribution in [2.24, 2.45) is 17.3 Å². The third-order valence-corrected chi connectivity index (χ3v) is 8.45. The number of methoxy groups -OCH3 is 1. The normalized spacial score (nSPS) is 29.6. The Balaban J connectivity index is 1.58. The third-order valence-electron chi connectivity index (χ3n) is 8.09. The van der Waals surface area contributed by atoms with E-state index in [1.807, 2.05) is 0 Å². The van der Waals surface area contributed by atoms with Gasteiger partial charge in [-0.15, -0.1) is 11.6 Å². The predicted molar refractivity (Wildman–Crippen MR) is 133 cm³/mol. The summed E-state index contributed by atoms with van der Waals surface area (Å²) in [5, 5.41) is -0.563. The van der Waals surface area contributed by atoms with E-state index in [1.54, 1.807) is 39.8 Å². The molecule has 1 aromatic carbocycles. The lowest BCUT2D eigenvalue weighted by molar-refractivity contribution is -0.199. The Morgan fingerprint density at radius 2 is 1.91 bits per heavy atom. The molecule has 3 saturated carbocycles. The van der Waals surface area contributed by atoms with Gasteiger partial charge in [-0.1, -0.05) is 26.0 Å². The largest absolute Gasteiger partial charge is 0.514 e. The maximum atomic E-state index is 12.6. The van der Waals surface area contributed by atoms with Gasteiger partial charge >= 0.3 is 19.2 Å². The molecule has 1 aliphatic heterocycles. The van der Waals surface area contributed by atoms with E-state index in [-0.39, 0.29) is 34.9 Å². The third kappa shape index (κ3) is 4.69. The van der Waals surface area contributed by atoms with Crippen LogP contribution in [0.5, 0.6) is 5.75 Å². The number of ether oxygens (including phenoxy) is 3. The first-order chi connectivity index (χ1) is 16.2. The minimum Gasteiger partial charge on any atom is -0.465 e. The van der Waals surface area contributed by atoms with Gasteiger partial charge in [0.05, 0.1) is 24.1 Å². The van der Waals surface area contributed by atoms with Crippen molar-refractivity contribution in [1.29, 1.82) is 0 Å². The van der Waals surface area contributed by atoms with E-state index in [0.717, 1.165) is 12.8 Å². The minimum atomic E-state index is -0.908. The van der Waals surface area contributed by atoms with Gasteiger partial charge < -0.3 is 23.5 Å². The minimum absolute atomic E-state index is 0.00616. The van der Waals surface area contributed by atoms with Crippen LogP contribution >= 0.6 is 11.6 Å². The summed E-state index contributed by atoms with van der Waals surface area (Å²) in [7, 11) is 0.671. The van der Waals surface area contributed by atoms with Crippen molar-refractivity contribution < 1.29 is 33.1 Å². The SMILES string of the molecule is COC(=O)c1c(C)ccc(C[C@@H](Cl)B2OC3C[C@@H]4C[C@@H](C4(C)C)[C@]3(C)O2)c1OC(=O)OC(C)(C)C. The van der Waals surface area contributed by atoms with Gasteiger partial charge in [-0.05, 0) is 82.3 Å². The van der Waals surface area contributed by atoms with Crippen molar-refractivity contribution >= 4 is 30.8 Å². The van der Waals surface area contributed by atoms with E-state index in [4.69, 9.17) is 35.1 Å². The lowest BCUT2D eigenvalue weighted by atomic mass is 9.43. The number of esters is 1. The first-order valence-corrected chi connectivity index (χ1v) is 12.7. The van der Waals surface area contributed by atoms with Crippen LogP contribution in [0.2, 0.25) is 0 Å². The number of carbonyl (C=O) groups excluding carboxylic acids is 2. The van der Waals surface area contributed by atoms with Crippen molar-refractivity contribution in [2.75, 3.05) is 7.11 Å². The first-order valence-electron chi connectivity index (χ1n) is 12.3. The molecule has 35 heavy (non-hydrogen) atoms. The Kier molecular flexibility index (Phi) is 6.74. The molecule has 1 saturated heterocycles. The molecule has 7 nitrogen and oxygen atoms in total. The van der Waals surface area contributed by atoms with E-state index >= 15 is 0 Å². The molecule has 192 valence electrons. The predicted octanol–water partition coefficient (Wildman–Crippen LogP) is 5.51. The number of halogens is 1. The van der Waals surface area contributed by atoms with Crippen LogP contribution in [-0.4, -0.2) is 48.9 Å². The van der Waals surface area contributed by atoms with Crippen LogP contribution in [-0.2, 0) is 25.2 Å². The summed E-state index contributed by atoms with van der Waals surface area (Å²) >= 11 is 6.86. The van der Waals surface area contributed by atoms with Gasteiger partial charge in [0.1, 0.15) is 11.2 Å². The van der Waals surface area contributed by atoms with E-state index in [9.17, 15) is 9.59 Å². The molecule has 4 aliphatic rings. The molecule has 0 spiro atoms. The molecule has 0 N–H and O–H groups in total. The fraction of sp³-hybridized carbons (Fsp3) is 0.692. The van der Waals surface area contributed by atoms with Crippen molar-refractivity contribution in [3.63, 3.8) is 0 Å². The maximum absolute atomic E-state index is 12.6. The van der Waals surface area contributed by atoms with E-state index in [0.29, 0.717) is 23.0 Å². The summed E-state index contributed by atoms with van der Waals surface area (Å²) in [6.45, 7) is 13.7. The molecule has 5 atom stereocenters. The Labute approximate surface area is 213 Å². The van der Waals surface area contributed by atoms with Crippen molar-refractivity contribution in [2.45, 2.75) is 90.3 Å². The molecule has 5 rings (SSSR count). The van der Waals surface area contributed by atoms with Crippen LogP contribution < -0.4 is 4.74 Å². The average Bonchev–Trinajstić information content (AvgIpc) is 3.11.